The number of benzene rings is 1. The Morgan fingerprint density at radius 1 is 1.24 bits per heavy atom. The average Bonchev–Trinajstić information content (AvgIpc) is 2.59. The highest BCUT2D eigenvalue weighted by Crippen LogP contribution is 2.26. The molecule has 1 fully saturated rings. The van der Waals surface area contributed by atoms with Crippen LogP contribution in [0.15, 0.2) is 18.2 Å². The maximum absolute atomic E-state index is 11.5. The van der Waals surface area contributed by atoms with Gasteiger partial charge < -0.3 is 5.73 Å². The lowest BCUT2D eigenvalue weighted by molar-refractivity contribution is -0.121. The van der Waals surface area contributed by atoms with Crippen molar-refractivity contribution in [2.24, 2.45) is 5.73 Å². The minimum Gasteiger partial charge on any atom is -0.366 e. The van der Waals surface area contributed by atoms with Crippen LogP contribution in [0, 0.1) is 0 Å². The smallest absolute Gasteiger partial charge is 0.250 e. The molecule has 6 heteroatoms. The van der Waals surface area contributed by atoms with Crippen molar-refractivity contribution in [3.63, 3.8) is 0 Å². The normalized spacial score (nSPS) is 15.5. The van der Waals surface area contributed by atoms with Crippen molar-refractivity contribution in [3.05, 3.63) is 28.8 Å². The molecular formula is C11H9ClN2O3. The third-order valence-corrected chi connectivity index (χ3v) is 2.85. The lowest BCUT2D eigenvalue weighted by Gasteiger charge is -2.14. The summed E-state index contributed by atoms with van der Waals surface area (Å²) in [4.78, 5) is 35.2. The number of imide groups is 1. The van der Waals surface area contributed by atoms with E-state index < -0.39 is 5.91 Å². The second-order valence-electron chi connectivity index (χ2n) is 3.65. The van der Waals surface area contributed by atoms with E-state index in [9.17, 15) is 14.4 Å². The Kier molecular flexibility index (Phi) is 2.85. The Hall–Kier alpha value is -1.88. The molecule has 0 aromatic heterocycles. The van der Waals surface area contributed by atoms with Gasteiger partial charge in [-0.25, -0.2) is 0 Å². The Bertz CT molecular complexity index is 511. The third kappa shape index (κ3) is 2.01. The molecule has 0 atom stereocenters. The van der Waals surface area contributed by atoms with Gasteiger partial charge in [-0.3, -0.25) is 19.3 Å². The molecule has 1 saturated heterocycles. The lowest BCUT2D eigenvalue weighted by atomic mass is 10.2. The van der Waals surface area contributed by atoms with Gasteiger partial charge in [-0.05, 0) is 18.2 Å². The van der Waals surface area contributed by atoms with Crippen LogP contribution in [0.4, 0.5) is 5.69 Å². The molecule has 0 spiro atoms. The number of amides is 3. The molecule has 0 bridgehead atoms. The molecule has 0 radical (unpaired) electrons. The van der Waals surface area contributed by atoms with Gasteiger partial charge >= 0.3 is 0 Å². The first kappa shape index (κ1) is 11.6. The van der Waals surface area contributed by atoms with Crippen LogP contribution >= 0.6 is 11.6 Å². The summed E-state index contributed by atoms with van der Waals surface area (Å²) in [6.45, 7) is 0. The fourth-order valence-corrected chi connectivity index (χ4v) is 1.92. The van der Waals surface area contributed by atoms with Gasteiger partial charge in [0.15, 0.2) is 0 Å². The molecule has 88 valence electrons. The van der Waals surface area contributed by atoms with Gasteiger partial charge in [-0.2, -0.15) is 0 Å². The van der Waals surface area contributed by atoms with Gasteiger partial charge in [0.05, 0.1) is 16.3 Å². The second-order valence-corrected chi connectivity index (χ2v) is 4.06. The number of rotatable bonds is 2. The minimum absolute atomic E-state index is 0.0941. The number of nitrogens with zero attached hydrogens (tertiary/aromatic N) is 1. The lowest BCUT2D eigenvalue weighted by Crippen LogP contribution is -2.28. The molecule has 3 amide bonds. The van der Waals surface area contributed by atoms with Crippen molar-refractivity contribution >= 4 is 35.0 Å². The predicted octanol–water partition coefficient (Wildman–Crippen LogP) is 1.09. The van der Waals surface area contributed by atoms with E-state index in [-0.39, 0.29) is 35.2 Å². The summed E-state index contributed by atoms with van der Waals surface area (Å²) in [5.74, 6) is -1.27. The van der Waals surface area contributed by atoms with E-state index >= 15 is 0 Å². The van der Waals surface area contributed by atoms with Crippen molar-refractivity contribution in [2.75, 3.05) is 4.90 Å². The molecule has 1 aliphatic rings. The van der Waals surface area contributed by atoms with E-state index in [2.05, 4.69) is 0 Å². The summed E-state index contributed by atoms with van der Waals surface area (Å²) >= 11 is 5.78. The van der Waals surface area contributed by atoms with Gasteiger partial charge in [0.25, 0.3) is 0 Å². The van der Waals surface area contributed by atoms with E-state index in [1.807, 2.05) is 0 Å². The van der Waals surface area contributed by atoms with E-state index in [1.54, 1.807) is 0 Å². The third-order valence-electron chi connectivity index (χ3n) is 2.53. The standard InChI is InChI=1S/C11H9ClN2O3/c12-8-2-1-6(5-7(8)11(13)17)14-9(15)3-4-10(14)16/h1-2,5H,3-4H2,(H2,13,17). The molecule has 2 N–H and O–H groups in total. The second kappa shape index (κ2) is 4.18. The maximum atomic E-state index is 11.5. The quantitative estimate of drug-likeness (QED) is 0.800. The summed E-state index contributed by atoms with van der Waals surface area (Å²) in [5.41, 5.74) is 5.56. The molecule has 0 aliphatic carbocycles. The highest BCUT2D eigenvalue weighted by atomic mass is 35.5. The van der Waals surface area contributed by atoms with Crippen molar-refractivity contribution < 1.29 is 14.4 Å². The summed E-state index contributed by atoms with van der Waals surface area (Å²) in [6, 6.07) is 4.30. The Morgan fingerprint density at radius 3 is 2.35 bits per heavy atom. The summed E-state index contributed by atoms with van der Waals surface area (Å²) in [6.07, 6.45) is 0.376. The van der Waals surface area contributed by atoms with Crippen molar-refractivity contribution in [2.45, 2.75) is 12.8 Å². The molecule has 0 saturated carbocycles. The van der Waals surface area contributed by atoms with Gasteiger partial charge in [-0.15, -0.1) is 0 Å². The fraction of sp³-hybridized carbons (Fsp3) is 0.182. The summed E-state index contributed by atoms with van der Waals surface area (Å²) < 4.78 is 0. The van der Waals surface area contributed by atoms with Crippen LogP contribution in [0.1, 0.15) is 23.2 Å². The number of carbonyl (C=O) groups excluding carboxylic acids is 3. The van der Waals surface area contributed by atoms with Crippen LogP contribution < -0.4 is 10.6 Å². The first-order valence-electron chi connectivity index (χ1n) is 4.96. The molecule has 1 aromatic carbocycles. The number of hydrogen-bond acceptors (Lipinski definition) is 3. The molecule has 1 heterocycles. The van der Waals surface area contributed by atoms with E-state index in [0.717, 1.165) is 4.90 Å². The van der Waals surface area contributed by atoms with E-state index in [4.69, 9.17) is 17.3 Å². The number of halogens is 1. The SMILES string of the molecule is NC(=O)c1cc(N2C(=O)CCC2=O)ccc1Cl. The van der Waals surface area contributed by atoms with Crippen LogP contribution in [-0.2, 0) is 9.59 Å². The molecule has 5 nitrogen and oxygen atoms in total. The highest BCUT2D eigenvalue weighted by molar-refractivity contribution is 6.34. The topological polar surface area (TPSA) is 80.5 Å². The van der Waals surface area contributed by atoms with Crippen LogP contribution in [-0.4, -0.2) is 17.7 Å². The Labute approximate surface area is 102 Å². The molecule has 1 aromatic rings. The van der Waals surface area contributed by atoms with Crippen LogP contribution in [0.2, 0.25) is 5.02 Å². The molecule has 2 rings (SSSR count). The molecule has 0 unspecified atom stereocenters. The number of carbonyl (C=O) groups is 3. The van der Waals surface area contributed by atoms with E-state index in [0.29, 0.717) is 5.69 Å². The fourth-order valence-electron chi connectivity index (χ4n) is 1.71. The van der Waals surface area contributed by atoms with Crippen LogP contribution in [0.25, 0.3) is 0 Å². The zero-order chi connectivity index (χ0) is 12.6. The van der Waals surface area contributed by atoms with E-state index in [1.165, 1.54) is 18.2 Å². The molecule has 17 heavy (non-hydrogen) atoms. The minimum atomic E-state index is -0.698. The van der Waals surface area contributed by atoms with Crippen molar-refractivity contribution in [3.8, 4) is 0 Å². The highest BCUT2D eigenvalue weighted by Gasteiger charge is 2.30. The molecular weight excluding hydrogens is 244 g/mol. The van der Waals surface area contributed by atoms with Gasteiger partial charge in [0, 0.05) is 12.8 Å². The van der Waals surface area contributed by atoms with Crippen molar-refractivity contribution in [1.29, 1.82) is 0 Å². The zero-order valence-corrected chi connectivity index (χ0v) is 9.53. The van der Waals surface area contributed by atoms with Gasteiger partial charge in [0.2, 0.25) is 17.7 Å². The summed E-state index contributed by atoms with van der Waals surface area (Å²) in [7, 11) is 0. The van der Waals surface area contributed by atoms with Crippen LogP contribution in [0.5, 0.6) is 0 Å². The van der Waals surface area contributed by atoms with Crippen LogP contribution in [0.3, 0.4) is 0 Å². The largest absolute Gasteiger partial charge is 0.366 e. The average molecular weight is 253 g/mol. The number of anilines is 1. The van der Waals surface area contributed by atoms with Gasteiger partial charge in [0.1, 0.15) is 0 Å². The Morgan fingerprint density at radius 2 is 1.82 bits per heavy atom. The predicted molar refractivity (Wildman–Crippen MR) is 61.7 cm³/mol. The first-order chi connectivity index (χ1) is 8.00. The van der Waals surface area contributed by atoms with Crippen molar-refractivity contribution in [1.82, 2.24) is 0 Å². The Balaban J connectivity index is 2.46. The number of hydrogen-bond donors (Lipinski definition) is 1. The zero-order valence-electron chi connectivity index (χ0n) is 8.77. The summed E-state index contributed by atoms with van der Waals surface area (Å²) in [5, 5.41) is 0.195. The maximum Gasteiger partial charge on any atom is 0.250 e. The monoisotopic (exact) mass is 252 g/mol. The first-order valence-corrected chi connectivity index (χ1v) is 5.33. The number of primary amides is 1. The molecule has 1 aliphatic heterocycles. The van der Waals surface area contributed by atoms with Gasteiger partial charge in [-0.1, -0.05) is 11.6 Å². The number of nitrogens with two attached hydrogens (primary N) is 1.